The zero-order valence-electron chi connectivity index (χ0n) is 14.0. The highest BCUT2D eigenvalue weighted by atomic mass is 32.1. The summed E-state index contributed by atoms with van der Waals surface area (Å²) in [5.41, 5.74) is 4.77. The molecule has 1 aliphatic carbocycles. The van der Waals surface area contributed by atoms with Crippen molar-refractivity contribution in [3.63, 3.8) is 0 Å². The number of para-hydroxylation sites is 1. The highest BCUT2D eigenvalue weighted by molar-refractivity contribution is 7.80. The Labute approximate surface area is 145 Å². The van der Waals surface area contributed by atoms with Crippen LogP contribution in [-0.4, -0.2) is 10.8 Å². The zero-order valence-corrected chi connectivity index (χ0v) is 14.8. The Morgan fingerprint density at radius 1 is 0.783 bits per heavy atom. The van der Waals surface area contributed by atoms with Crippen LogP contribution in [0.4, 0.5) is 5.69 Å². The van der Waals surface area contributed by atoms with Crippen LogP contribution in [0.2, 0.25) is 0 Å². The first-order valence-electron chi connectivity index (χ1n) is 9.24. The summed E-state index contributed by atoms with van der Waals surface area (Å²) >= 11 is 5.62. The Kier molecular flexibility index (Phi) is 5.90. The molecule has 1 aliphatic heterocycles. The van der Waals surface area contributed by atoms with E-state index in [1.807, 2.05) is 6.07 Å². The minimum absolute atomic E-state index is 0.0495. The summed E-state index contributed by atoms with van der Waals surface area (Å²) in [6, 6.07) is 10.4. The number of nitrogens with one attached hydrogen (secondary N) is 2. The summed E-state index contributed by atoms with van der Waals surface area (Å²) in [6.45, 7) is 0. The molecule has 2 fully saturated rings. The topological polar surface area (TPSA) is 27.3 Å². The number of hydrazine groups is 1. The van der Waals surface area contributed by atoms with Crippen molar-refractivity contribution >= 4 is 23.0 Å². The molecule has 23 heavy (non-hydrogen) atoms. The molecule has 0 bridgehead atoms. The Bertz CT molecular complexity index is 491. The van der Waals surface area contributed by atoms with Gasteiger partial charge in [0.25, 0.3) is 0 Å². The molecule has 2 aliphatic rings. The number of anilines is 1. The van der Waals surface area contributed by atoms with Crippen LogP contribution in [0.1, 0.15) is 70.6 Å². The number of hydrogen-bond acceptors (Lipinski definition) is 2. The molecule has 2 N–H and O–H groups in total. The lowest BCUT2D eigenvalue weighted by Gasteiger charge is -2.30. The van der Waals surface area contributed by atoms with Crippen molar-refractivity contribution in [1.29, 1.82) is 0 Å². The van der Waals surface area contributed by atoms with Gasteiger partial charge in [0.1, 0.15) is 5.66 Å². The second-order valence-electron chi connectivity index (χ2n) is 6.98. The fourth-order valence-electron chi connectivity index (χ4n) is 3.76. The van der Waals surface area contributed by atoms with Gasteiger partial charge in [-0.15, -0.1) is 0 Å². The molecule has 0 radical (unpaired) electrons. The van der Waals surface area contributed by atoms with Gasteiger partial charge in [0.2, 0.25) is 0 Å². The Morgan fingerprint density at radius 3 is 1.87 bits per heavy atom. The van der Waals surface area contributed by atoms with Gasteiger partial charge in [0, 0.05) is 0 Å². The quantitative estimate of drug-likeness (QED) is 0.717. The monoisotopic (exact) mass is 331 g/mol. The van der Waals surface area contributed by atoms with Crippen molar-refractivity contribution in [1.82, 2.24) is 10.7 Å². The van der Waals surface area contributed by atoms with Crippen molar-refractivity contribution in [2.45, 2.75) is 76.3 Å². The van der Waals surface area contributed by atoms with Crippen LogP contribution in [0, 0.1) is 0 Å². The van der Waals surface area contributed by atoms with Gasteiger partial charge in [-0.1, -0.05) is 63.1 Å². The van der Waals surface area contributed by atoms with Crippen LogP contribution >= 0.6 is 12.2 Å². The maximum Gasteiger partial charge on any atom is 0.189 e. The summed E-state index contributed by atoms with van der Waals surface area (Å²) in [6.07, 6.45) is 14.5. The molecule has 0 aromatic heterocycles. The summed E-state index contributed by atoms with van der Waals surface area (Å²) in [5, 5.41) is 6.48. The normalized spacial score (nSPS) is 23.1. The minimum atomic E-state index is -0.0495. The van der Waals surface area contributed by atoms with E-state index in [2.05, 4.69) is 40.0 Å². The molecule has 1 saturated heterocycles. The third-order valence-electron chi connectivity index (χ3n) is 5.10. The standard InChI is InChI=1S/C19H29N3S/c23-18-20-19(21-22(18)17-13-9-8-10-14-17)15-11-6-4-2-1-3-5-7-12-16-19/h8-10,13-14,21H,1-7,11-12,15-16H2,(H,20,23). The highest BCUT2D eigenvalue weighted by Crippen LogP contribution is 2.28. The first kappa shape index (κ1) is 16.7. The van der Waals surface area contributed by atoms with Gasteiger partial charge in [-0.05, 0) is 50.0 Å². The van der Waals surface area contributed by atoms with Crippen LogP contribution in [0.25, 0.3) is 0 Å². The lowest BCUT2D eigenvalue weighted by Crippen LogP contribution is -2.51. The molecule has 0 unspecified atom stereocenters. The van der Waals surface area contributed by atoms with Crippen molar-refractivity contribution in [3.05, 3.63) is 30.3 Å². The molecule has 126 valence electrons. The van der Waals surface area contributed by atoms with Crippen LogP contribution in [0.3, 0.4) is 0 Å². The largest absolute Gasteiger partial charge is 0.342 e. The zero-order chi connectivity index (χ0) is 16.0. The SMILES string of the molecule is S=C1NC2(CCCCCCCCCCC2)NN1c1ccccc1. The molecule has 3 nitrogen and oxygen atoms in total. The number of benzene rings is 1. The molecule has 1 saturated carbocycles. The minimum Gasteiger partial charge on any atom is -0.342 e. The predicted octanol–water partition coefficient (Wildman–Crippen LogP) is 4.89. The first-order chi connectivity index (χ1) is 11.3. The van der Waals surface area contributed by atoms with Gasteiger partial charge in [0.15, 0.2) is 5.11 Å². The van der Waals surface area contributed by atoms with E-state index < -0.39 is 0 Å². The van der Waals surface area contributed by atoms with Crippen LogP contribution in [-0.2, 0) is 0 Å². The molecule has 1 aromatic carbocycles. The van der Waals surface area contributed by atoms with E-state index >= 15 is 0 Å². The lowest BCUT2D eigenvalue weighted by atomic mass is 9.93. The van der Waals surface area contributed by atoms with Gasteiger partial charge >= 0.3 is 0 Å². The molecular weight excluding hydrogens is 302 g/mol. The lowest BCUT2D eigenvalue weighted by molar-refractivity contribution is 0.268. The summed E-state index contributed by atoms with van der Waals surface area (Å²) in [4.78, 5) is 0. The smallest absolute Gasteiger partial charge is 0.189 e. The van der Waals surface area contributed by atoms with Crippen molar-refractivity contribution in [2.75, 3.05) is 5.01 Å². The van der Waals surface area contributed by atoms with Crippen LogP contribution in [0.5, 0.6) is 0 Å². The van der Waals surface area contributed by atoms with E-state index in [0.29, 0.717) is 0 Å². The first-order valence-corrected chi connectivity index (χ1v) is 9.65. The Balaban J connectivity index is 1.68. The fraction of sp³-hybridized carbons (Fsp3) is 0.632. The van der Waals surface area contributed by atoms with E-state index in [-0.39, 0.29) is 5.66 Å². The molecule has 1 heterocycles. The van der Waals surface area contributed by atoms with Gasteiger partial charge in [-0.25, -0.2) is 5.43 Å². The van der Waals surface area contributed by atoms with Crippen molar-refractivity contribution in [3.8, 4) is 0 Å². The molecule has 1 aromatic rings. The third-order valence-corrected chi connectivity index (χ3v) is 5.38. The molecule has 0 atom stereocenters. The molecule has 3 rings (SSSR count). The maximum absolute atomic E-state index is 5.62. The van der Waals surface area contributed by atoms with E-state index in [9.17, 15) is 0 Å². The number of hydrogen-bond donors (Lipinski definition) is 2. The Hall–Kier alpha value is -1.13. The third kappa shape index (κ3) is 4.45. The van der Waals surface area contributed by atoms with Crippen molar-refractivity contribution in [2.24, 2.45) is 0 Å². The Morgan fingerprint density at radius 2 is 1.30 bits per heavy atom. The van der Waals surface area contributed by atoms with E-state index in [1.54, 1.807) is 0 Å². The van der Waals surface area contributed by atoms with E-state index in [0.717, 1.165) is 23.6 Å². The van der Waals surface area contributed by atoms with E-state index in [1.165, 1.54) is 57.8 Å². The van der Waals surface area contributed by atoms with Gasteiger partial charge in [-0.3, -0.25) is 5.01 Å². The van der Waals surface area contributed by atoms with Crippen LogP contribution in [0.15, 0.2) is 30.3 Å². The summed E-state index contributed by atoms with van der Waals surface area (Å²) < 4.78 is 0. The van der Waals surface area contributed by atoms with Gasteiger partial charge in [-0.2, -0.15) is 0 Å². The van der Waals surface area contributed by atoms with Crippen LogP contribution < -0.4 is 15.8 Å². The average molecular weight is 332 g/mol. The summed E-state index contributed by atoms with van der Waals surface area (Å²) in [5.74, 6) is 0. The second kappa shape index (κ2) is 8.11. The van der Waals surface area contributed by atoms with Gasteiger partial charge < -0.3 is 5.32 Å². The highest BCUT2D eigenvalue weighted by Gasteiger charge is 2.39. The summed E-state index contributed by atoms with van der Waals surface area (Å²) in [7, 11) is 0. The molecule has 4 heteroatoms. The number of rotatable bonds is 1. The number of thiocarbonyl (C=S) groups is 1. The van der Waals surface area contributed by atoms with Gasteiger partial charge in [0.05, 0.1) is 5.69 Å². The predicted molar refractivity (Wildman–Crippen MR) is 101 cm³/mol. The fourth-order valence-corrected chi connectivity index (χ4v) is 4.11. The van der Waals surface area contributed by atoms with E-state index in [4.69, 9.17) is 12.2 Å². The van der Waals surface area contributed by atoms with Crippen molar-refractivity contribution < 1.29 is 0 Å². The molecular formula is C19H29N3S. The second-order valence-corrected chi connectivity index (χ2v) is 7.36. The maximum atomic E-state index is 5.62. The molecule has 0 amide bonds. The average Bonchev–Trinajstić information content (AvgIpc) is 2.89. The number of nitrogens with zero attached hydrogens (tertiary/aromatic N) is 1. The molecule has 1 spiro atoms.